The second-order valence-corrected chi connectivity index (χ2v) is 8.27. The van der Waals surface area contributed by atoms with Crippen molar-refractivity contribution in [1.82, 2.24) is 19.5 Å². The van der Waals surface area contributed by atoms with Gasteiger partial charge in [0.1, 0.15) is 10.8 Å². The first-order valence-electron chi connectivity index (χ1n) is 10.1. The second-order valence-electron chi connectivity index (χ2n) is 7.41. The van der Waals surface area contributed by atoms with E-state index in [0.717, 1.165) is 22.7 Å². The third-order valence-electron chi connectivity index (χ3n) is 5.02. The van der Waals surface area contributed by atoms with Crippen molar-refractivity contribution in [3.05, 3.63) is 83.5 Å². The van der Waals surface area contributed by atoms with Gasteiger partial charge in [0.2, 0.25) is 11.9 Å². The third kappa shape index (κ3) is 4.55. The highest BCUT2D eigenvalue weighted by atomic mass is 32.1. The predicted octanol–water partition coefficient (Wildman–Crippen LogP) is 5.40. The van der Waals surface area contributed by atoms with Gasteiger partial charge in [0.05, 0.1) is 41.5 Å². The van der Waals surface area contributed by atoms with Crippen LogP contribution >= 0.6 is 11.3 Å². The number of carbonyl (C=O) groups excluding carboxylic acids is 1. The molecular formula is C23H16F3N5O2S. The second kappa shape index (κ2) is 8.75. The van der Waals surface area contributed by atoms with Gasteiger partial charge in [-0.05, 0) is 42.5 Å². The molecule has 0 aliphatic heterocycles. The Morgan fingerprint density at radius 2 is 2.03 bits per heavy atom. The maximum absolute atomic E-state index is 13.2. The summed E-state index contributed by atoms with van der Waals surface area (Å²) in [6, 6.07) is 10.4. The number of imidazole rings is 1. The molecule has 0 bridgehead atoms. The van der Waals surface area contributed by atoms with E-state index >= 15 is 0 Å². The Labute approximate surface area is 194 Å². The molecule has 1 N–H and O–H groups in total. The minimum Gasteiger partial charge on any atom is -0.467 e. The van der Waals surface area contributed by atoms with E-state index in [9.17, 15) is 18.0 Å². The number of hydrogen-bond acceptors (Lipinski definition) is 6. The zero-order valence-corrected chi connectivity index (χ0v) is 18.2. The van der Waals surface area contributed by atoms with Crippen LogP contribution in [0, 0.1) is 0 Å². The number of halogens is 3. The van der Waals surface area contributed by atoms with E-state index in [-0.39, 0.29) is 24.4 Å². The molecule has 5 rings (SSSR count). The fraction of sp³-hybridized carbons (Fsp3) is 0.130. The monoisotopic (exact) mass is 483 g/mol. The summed E-state index contributed by atoms with van der Waals surface area (Å²) in [7, 11) is 0. The molecular weight excluding hydrogens is 467 g/mol. The van der Waals surface area contributed by atoms with Crippen molar-refractivity contribution in [2.24, 2.45) is 0 Å². The summed E-state index contributed by atoms with van der Waals surface area (Å²) in [5.74, 6) is 0.295. The quantitative estimate of drug-likeness (QED) is 0.350. The highest BCUT2D eigenvalue weighted by Gasteiger charge is 2.31. The Balaban J connectivity index is 1.41. The summed E-state index contributed by atoms with van der Waals surface area (Å²) in [6.45, 7) is 0.187. The van der Waals surface area contributed by atoms with E-state index in [2.05, 4.69) is 20.3 Å². The molecule has 0 saturated carbocycles. The SMILES string of the molecule is O=C(Cc1csc(-c2cccnc2)n1)Nc1nc2cc(C(F)(F)F)ccc2n1Cc1ccco1. The van der Waals surface area contributed by atoms with Gasteiger partial charge in [-0.25, -0.2) is 9.97 Å². The number of rotatable bonds is 6. The number of alkyl halides is 3. The van der Waals surface area contributed by atoms with Crippen LogP contribution in [0.1, 0.15) is 17.0 Å². The molecule has 0 atom stereocenters. The number of fused-ring (bicyclic) bond motifs is 1. The average Bonchev–Trinajstić information content (AvgIpc) is 3.55. The lowest BCUT2D eigenvalue weighted by Crippen LogP contribution is -2.18. The molecule has 0 unspecified atom stereocenters. The van der Waals surface area contributed by atoms with Crippen molar-refractivity contribution in [3.8, 4) is 10.6 Å². The highest BCUT2D eigenvalue weighted by Crippen LogP contribution is 2.32. The molecule has 4 heterocycles. The first-order chi connectivity index (χ1) is 16.4. The van der Waals surface area contributed by atoms with E-state index in [4.69, 9.17) is 4.42 Å². The standard InChI is InChI=1S/C23H16F3N5O2S/c24-23(25,26)15-5-6-19-18(9-15)29-22(31(19)12-17-4-2-8-33-17)30-20(32)10-16-13-34-21(28-16)14-3-1-7-27-11-14/h1-9,11,13H,10,12H2,(H,29,30,32). The Hall–Kier alpha value is -3.99. The number of hydrogen-bond donors (Lipinski definition) is 1. The van der Waals surface area contributed by atoms with Gasteiger partial charge in [0.25, 0.3) is 0 Å². The minimum atomic E-state index is -4.50. The number of nitrogens with zero attached hydrogens (tertiary/aromatic N) is 4. The fourth-order valence-corrected chi connectivity index (χ4v) is 4.27. The summed E-state index contributed by atoms with van der Waals surface area (Å²) >= 11 is 1.39. The largest absolute Gasteiger partial charge is 0.467 e. The molecule has 0 aliphatic carbocycles. The molecule has 0 aliphatic rings. The molecule has 5 aromatic rings. The molecule has 0 fully saturated rings. The molecule has 34 heavy (non-hydrogen) atoms. The van der Waals surface area contributed by atoms with E-state index in [1.165, 1.54) is 23.7 Å². The molecule has 7 nitrogen and oxygen atoms in total. The number of thiazole rings is 1. The summed E-state index contributed by atoms with van der Waals surface area (Å²) in [4.78, 5) is 25.6. The highest BCUT2D eigenvalue weighted by molar-refractivity contribution is 7.13. The lowest BCUT2D eigenvalue weighted by Gasteiger charge is -2.09. The van der Waals surface area contributed by atoms with Crippen LogP contribution in [0.5, 0.6) is 0 Å². The van der Waals surface area contributed by atoms with Gasteiger partial charge in [0, 0.05) is 23.3 Å². The van der Waals surface area contributed by atoms with Crippen molar-refractivity contribution in [2.45, 2.75) is 19.1 Å². The molecule has 172 valence electrons. The molecule has 0 spiro atoms. The van der Waals surface area contributed by atoms with Gasteiger partial charge in [-0.1, -0.05) is 0 Å². The molecule has 1 amide bonds. The Morgan fingerprint density at radius 3 is 2.76 bits per heavy atom. The molecule has 0 radical (unpaired) electrons. The van der Waals surface area contributed by atoms with Crippen molar-refractivity contribution in [2.75, 3.05) is 5.32 Å². The first-order valence-corrected chi connectivity index (χ1v) is 11.0. The smallest absolute Gasteiger partial charge is 0.416 e. The van der Waals surface area contributed by atoms with Gasteiger partial charge in [0.15, 0.2) is 0 Å². The number of benzene rings is 1. The Bertz CT molecular complexity index is 1440. The Morgan fingerprint density at radius 1 is 1.15 bits per heavy atom. The molecule has 1 aromatic carbocycles. The van der Waals surface area contributed by atoms with E-state index < -0.39 is 17.6 Å². The normalized spacial score (nSPS) is 11.7. The van der Waals surface area contributed by atoms with Gasteiger partial charge in [-0.15, -0.1) is 11.3 Å². The van der Waals surface area contributed by atoms with Crippen LogP contribution in [0.15, 0.2) is 70.9 Å². The van der Waals surface area contributed by atoms with E-state index in [0.29, 0.717) is 17.0 Å². The number of amides is 1. The van der Waals surface area contributed by atoms with Crippen LogP contribution in [0.25, 0.3) is 21.6 Å². The summed E-state index contributed by atoms with van der Waals surface area (Å²) in [5.41, 5.74) is 1.15. The van der Waals surface area contributed by atoms with Gasteiger partial charge < -0.3 is 8.98 Å². The van der Waals surface area contributed by atoms with Crippen LogP contribution < -0.4 is 5.32 Å². The molecule has 11 heteroatoms. The van der Waals surface area contributed by atoms with Gasteiger partial charge in [-0.2, -0.15) is 13.2 Å². The lowest BCUT2D eigenvalue weighted by molar-refractivity contribution is -0.137. The fourth-order valence-electron chi connectivity index (χ4n) is 3.46. The van der Waals surface area contributed by atoms with E-state index in [1.807, 2.05) is 6.07 Å². The van der Waals surface area contributed by atoms with Gasteiger partial charge in [-0.3, -0.25) is 15.1 Å². The van der Waals surface area contributed by atoms with E-state index in [1.54, 1.807) is 40.5 Å². The molecule has 0 saturated heterocycles. The summed E-state index contributed by atoms with van der Waals surface area (Å²) in [6.07, 6.45) is 0.330. The minimum absolute atomic E-state index is 0.0193. The van der Waals surface area contributed by atoms with Crippen molar-refractivity contribution < 1.29 is 22.4 Å². The summed E-state index contributed by atoms with van der Waals surface area (Å²) < 4.78 is 46.5. The summed E-state index contributed by atoms with van der Waals surface area (Å²) in [5, 5.41) is 5.23. The lowest BCUT2D eigenvalue weighted by atomic mass is 10.2. The number of anilines is 1. The maximum atomic E-state index is 13.2. The first kappa shape index (κ1) is 21.8. The Kier molecular flexibility index (Phi) is 5.62. The van der Waals surface area contributed by atoms with Crippen LogP contribution in [-0.2, 0) is 23.9 Å². The number of carbonyl (C=O) groups is 1. The number of furan rings is 1. The van der Waals surface area contributed by atoms with Crippen LogP contribution in [-0.4, -0.2) is 25.4 Å². The van der Waals surface area contributed by atoms with Crippen LogP contribution in [0.3, 0.4) is 0 Å². The number of aromatic nitrogens is 4. The average molecular weight is 483 g/mol. The topological polar surface area (TPSA) is 85.8 Å². The number of nitrogens with one attached hydrogen (secondary N) is 1. The number of pyridine rings is 1. The zero-order valence-electron chi connectivity index (χ0n) is 17.4. The van der Waals surface area contributed by atoms with Crippen LogP contribution in [0.2, 0.25) is 0 Å². The van der Waals surface area contributed by atoms with Crippen molar-refractivity contribution >= 4 is 34.2 Å². The zero-order chi connectivity index (χ0) is 23.7. The van der Waals surface area contributed by atoms with Crippen molar-refractivity contribution in [3.63, 3.8) is 0 Å². The third-order valence-corrected chi connectivity index (χ3v) is 5.96. The molecule has 4 aromatic heterocycles. The predicted molar refractivity (Wildman–Crippen MR) is 120 cm³/mol. The van der Waals surface area contributed by atoms with Crippen LogP contribution in [0.4, 0.5) is 19.1 Å². The van der Waals surface area contributed by atoms with Gasteiger partial charge >= 0.3 is 6.18 Å². The maximum Gasteiger partial charge on any atom is 0.416 e. The van der Waals surface area contributed by atoms with Crippen molar-refractivity contribution in [1.29, 1.82) is 0 Å².